The fourth-order valence-corrected chi connectivity index (χ4v) is 2.97. The van der Waals surface area contributed by atoms with E-state index in [2.05, 4.69) is 20.5 Å². The van der Waals surface area contributed by atoms with Gasteiger partial charge in [-0.1, -0.05) is 11.8 Å². The molecular formula is C12H11F3N6S. The third-order valence-electron chi connectivity index (χ3n) is 2.84. The largest absolute Gasteiger partial charge is 0.417 e. The van der Waals surface area contributed by atoms with Crippen molar-refractivity contribution in [3.8, 4) is 6.07 Å². The van der Waals surface area contributed by atoms with E-state index < -0.39 is 17.3 Å². The Labute approximate surface area is 128 Å². The van der Waals surface area contributed by atoms with Crippen molar-refractivity contribution >= 4 is 11.8 Å². The standard InChI is InChI=1S/C12H11F3N6S/c1-6-4-9(12(13,14)15)8(5-16)11(17-6)22-7(2)10-18-19-20-21(10)3/h4,7H,1-3H3. The number of hydrogen-bond acceptors (Lipinski definition) is 6. The van der Waals surface area contributed by atoms with Gasteiger partial charge in [-0.15, -0.1) is 5.10 Å². The van der Waals surface area contributed by atoms with Crippen molar-refractivity contribution in [2.75, 3.05) is 0 Å². The summed E-state index contributed by atoms with van der Waals surface area (Å²) in [5.41, 5.74) is -1.27. The van der Waals surface area contributed by atoms with Crippen LogP contribution in [0.2, 0.25) is 0 Å². The van der Waals surface area contributed by atoms with Crippen molar-refractivity contribution < 1.29 is 13.2 Å². The minimum Gasteiger partial charge on any atom is -0.245 e. The first-order valence-electron chi connectivity index (χ1n) is 6.12. The summed E-state index contributed by atoms with van der Waals surface area (Å²) >= 11 is 1.01. The van der Waals surface area contributed by atoms with E-state index in [-0.39, 0.29) is 16.0 Å². The van der Waals surface area contributed by atoms with Gasteiger partial charge in [-0.3, -0.25) is 0 Å². The SMILES string of the molecule is Cc1cc(C(F)(F)F)c(C#N)c(SC(C)c2nnnn2C)n1. The highest BCUT2D eigenvalue weighted by molar-refractivity contribution is 7.99. The molecule has 0 saturated heterocycles. The van der Waals surface area contributed by atoms with Gasteiger partial charge in [0.15, 0.2) is 5.82 Å². The van der Waals surface area contributed by atoms with E-state index in [0.717, 1.165) is 17.8 Å². The number of pyridine rings is 1. The number of aromatic nitrogens is 5. The van der Waals surface area contributed by atoms with Crippen LogP contribution in [0.15, 0.2) is 11.1 Å². The summed E-state index contributed by atoms with van der Waals surface area (Å²) in [6.07, 6.45) is -4.61. The van der Waals surface area contributed by atoms with Crippen LogP contribution in [-0.4, -0.2) is 25.2 Å². The third kappa shape index (κ3) is 3.19. The topological polar surface area (TPSA) is 80.3 Å². The molecule has 2 aromatic heterocycles. The molecular weight excluding hydrogens is 317 g/mol. The van der Waals surface area contributed by atoms with Gasteiger partial charge in [-0.25, -0.2) is 9.67 Å². The smallest absolute Gasteiger partial charge is 0.245 e. The summed E-state index contributed by atoms with van der Waals surface area (Å²) in [5.74, 6) is 0.478. The summed E-state index contributed by atoms with van der Waals surface area (Å²) in [4.78, 5) is 4.06. The first-order chi connectivity index (χ1) is 10.2. The lowest BCUT2D eigenvalue weighted by Gasteiger charge is -2.15. The van der Waals surface area contributed by atoms with Crippen LogP contribution in [0, 0.1) is 18.3 Å². The summed E-state index contributed by atoms with van der Waals surface area (Å²) in [7, 11) is 1.63. The highest BCUT2D eigenvalue weighted by Crippen LogP contribution is 2.39. The van der Waals surface area contributed by atoms with E-state index in [1.807, 2.05) is 0 Å². The maximum atomic E-state index is 13.0. The van der Waals surface area contributed by atoms with Crippen molar-refractivity contribution in [2.24, 2.45) is 7.05 Å². The highest BCUT2D eigenvalue weighted by Gasteiger charge is 2.36. The number of alkyl halides is 3. The molecule has 0 amide bonds. The minimum absolute atomic E-state index is 0.0188. The number of thioether (sulfide) groups is 1. The first kappa shape index (κ1) is 16.2. The maximum Gasteiger partial charge on any atom is 0.417 e. The molecule has 0 aliphatic rings. The Morgan fingerprint density at radius 2 is 2.09 bits per heavy atom. The molecule has 116 valence electrons. The van der Waals surface area contributed by atoms with Gasteiger partial charge in [0.2, 0.25) is 0 Å². The lowest BCUT2D eigenvalue weighted by Crippen LogP contribution is -2.11. The second kappa shape index (κ2) is 5.92. The van der Waals surface area contributed by atoms with Crippen LogP contribution >= 0.6 is 11.8 Å². The molecule has 1 atom stereocenters. The number of rotatable bonds is 3. The van der Waals surface area contributed by atoms with Crippen molar-refractivity contribution in [2.45, 2.75) is 30.3 Å². The molecule has 0 fully saturated rings. The predicted molar refractivity (Wildman–Crippen MR) is 71.8 cm³/mol. The van der Waals surface area contributed by atoms with Gasteiger partial charge in [0, 0.05) is 12.7 Å². The Balaban J connectivity index is 2.46. The van der Waals surface area contributed by atoms with Gasteiger partial charge >= 0.3 is 6.18 Å². The van der Waals surface area contributed by atoms with Gasteiger partial charge in [-0.05, 0) is 30.3 Å². The molecule has 0 aliphatic heterocycles. The lowest BCUT2D eigenvalue weighted by molar-refractivity contribution is -0.138. The molecule has 2 heterocycles. The van der Waals surface area contributed by atoms with Gasteiger partial charge < -0.3 is 0 Å². The fraction of sp³-hybridized carbons (Fsp3) is 0.417. The van der Waals surface area contributed by atoms with Gasteiger partial charge in [0.1, 0.15) is 11.1 Å². The van der Waals surface area contributed by atoms with Gasteiger partial charge in [0.25, 0.3) is 0 Å². The lowest BCUT2D eigenvalue weighted by atomic mass is 10.1. The Morgan fingerprint density at radius 1 is 1.41 bits per heavy atom. The van der Waals surface area contributed by atoms with E-state index >= 15 is 0 Å². The molecule has 0 N–H and O–H groups in total. The zero-order chi connectivity index (χ0) is 16.5. The normalized spacial score (nSPS) is 13.0. The maximum absolute atomic E-state index is 13.0. The summed E-state index contributed by atoms with van der Waals surface area (Å²) < 4.78 is 40.6. The molecule has 10 heteroatoms. The second-order valence-corrected chi connectivity index (χ2v) is 5.85. The van der Waals surface area contributed by atoms with E-state index in [9.17, 15) is 13.2 Å². The van der Waals surface area contributed by atoms with Crippen LogP contribution < -0.4 is 0 Å². The Hall–Kier alpha value is -2.15. The number of aryl methyl sites for hydroxylation is 2. The quantitative estimate of drug-likeness (QED) is 0.806. The van der Waals surface area contributed by atoms with Crippen LogP contribution in [0.25, 0.3) is 0 Å². The van der Waals surface area contributed by atoms with Crippen LogP contribution in [0.4, 0.5) is 13.2 Å². The Bertz CT molecular complexity index is 733. The predicted octanol–water partition coefficient (Wildman–Crippen LogP) is 2.66. The number of tetrazole rings is 1. The molecule has 0 aliphatic carbocycles. The summed E-state index contributed by atoms with van der Waals surface area (Å²) in [5, 5.41) is 19.7. The molecule has 6 nitrogen and oxygen atoms in total. The fourth-order valence-electron chi connectivity index (χ4n) is 1.86. The molecule has 2 rings (SSSR count). The van der Waals surface area contributed by atoms with Crippen LogP contribution in [0.1, 0.15) is 34.8 Å². The van der Waals surface area contributed by atoms with E-state index in [1.54, 1.807) is 20.0 Å². The number of nitriles is 1. The average molecular weight is 328 g/mol. The number of nitrogens with zero attached hydrogens (tertiary/aromatic N) is 6. The van der Waals surface area contributed by atoms with Gasteiger partial charge in [-0.2, -0.15) is 18.4 Å². The van der Waals surface area contributed by atoms with Gasteiger partial charge in [0.05, 0.1) is 16.4 Å². The summed E-state index contributed by atoms with van der Waals surface area (Å²) in [6.45, 7) is 3.18. The molecule has 1 unspecified atom stereocenters. The molecule has 0 aromatic carbocycles. The average Bonchev–Trinajstić information content (AvgIpc) is 2.83. The molecule has 0 bridgehead atoms. The first-order valence-corrected chi connectivity index (χ1v) is 7.00. The summed E-state index contributed by atoms with van der Waals surface area (Å²) in [6, 6.07) is 2.47. The number of halogens is 3. The van der Waals surface area contributed by atoms with Crippen LogP contribution in [-0.2, 0) is 13.2 Å². The van der Waals surface area contributed by atoms with Crippen molar-refractivity contribution in [1.82, 2.24) is 25.2 Å². The number of hydrogen-bond donors (Lipinski definition) is 0. The van der Waals surface area contributed by atoms with E-state index in [4.69, 9.17) is 5.26 Å². The zero-order valence-electron chi connectivity index (χ0n) is 11.9. The third-order valence-corrected chi connectivity index (χ3v) is 3.92. The zero-order valence-corrected chi connectivity index (χ0v) is 12.7. The molecule has 22 heavy (non-hydrogen) atoms. The van der Waals surface area contributed by atoms with Crippen molar-refractivity contribution in [3.05, 3.63) is 28.7 Å². The molecule has 0 saturated carbocycles. The highest BCUT2D eigenvalue weighted by atomic mass is 32.2. The van der Waals surface area contributed by atoms with Crippen LogP contribution in [0.5, 0.6) is 0 Å². The molecule has 0 radical (unpaired) electrons. The van der Waals surface area contributed by atoms with Crippen molar-refractivity contribution in [3.63, 3.8) is 0 Å². The van der Waals surface area contributed by atoms with E-state index in [1.165, 1.54) is 11.6 Å². The molecule has 0 spiro atoms. The monoisotopic (exact) mass is 328 g/mol. The molecule has 2 aromatic rings. The van der Waals surface area contributed by atoms with Crippen molar-refractivity contribution in [1.29, 1.82) is 5.26 Å². The van der Waals surface area contributed by atoms with E-state index in [0.29, 0.717) is 5.82 Å². The minimum atomic E-state index is -4.61. The Kier molecular flexibility index (Phi) is 4.37. The Morgan fingerprint density at radius 3 is 2.59 bits per heavy atom. The second-order valence-electron chi connectivity index (χ2n) is 4.52. The van der Waals surface area contributed by atoms with Crippen LogP contribution in [0.3, 0.4) is 0 Å².